The maximum absolute atomic E-state index is 5.62. The highest BCUT2D eigenvalue weighted by atomic mass is 35.5. The topological polar surface area (TPSA) is 76.5 Å². The van der Waals surface area contributed by atoms with Gasteiger partial charge in [-0.25, -0.2) is 0 Å². The van der Waals surface area contributed by atoms with E-state index >= 15 is 0 Å². The van der Waals surface area contributed by atoms with Crippen LogP contribution in [0.2, 0.25) is 10.6 Å². The zero-order chi connectivity index (χ0) is 11.4. The zero-order valence-corrected chi connectivity index (χ0v) is 9.44. The van der Waals surface area contributed by atoms with E-state index in [4.69, 9.17) is 23.2 Å². The molecule has 0 bridgehead atoms. The summed E-state index contributed by atoms with van der Waals surface area (Å²) >= 11 is 11.2. The fraction of sp³-hybridized carbons (Fsp3) is 0.125. The van der Waals surface area contributed by atoms with Crippen LogP contribution in [0.5, 0.6) is 0 Å². The van der Waals surface area contributed by atoms with Gasteiger partial charge in [-0.3, -0.25) is 0 Å². The van der Waals surface area contributed by atoms with Gasteiger partial charge in [0, 0.05) is 6.20 Å². The number of halogens is 2. The van der Waals surface area contributed by atoms with Crippen molar-refractivity contribution in [2.75, 3.05) is 5.32 Å². The van der Waals surface area contributed by atoms with E-state index in [0.717, 1.165) is 5.69 Å². The van der Waals surface area contributed by atoms with Gasteiger partial charge in [-0.05, 0) is 35.3 Å². The van der Waals surface area contributed by atoms with Crippen molar-refractivity contribution in [1.82, 2.24) is 25.1 Å². The molecule has 0 spiro atoms. The van der Waals surface area contributed by atoms with Crippen molar-refractivity contribution in [3.8, 4) is 0 Å². The molecule has 2 rings (SSSR count). The van der Waals surface area contributed by atoms with Crippen LogP contribution in [0.25, 0.3) is 0 Å². The molecular weight excluding hydrogens is 251 g/mol. The molecule has 0 atom stereocenters. The molecule has 2 heterocycles. The van der Waals surface area contributed by atoms with Crippen LogP contribution in [0, 0.1) is 0 Å². The van der Waals surface area contributed by atoms with Crippen molar-refractivity contribution >= 4 is 29.2 Å². The van der Waals surface area contributed by atoms with Gasteiger partial charge < -0.3 is 5.32 Å². The van der Waals surface area contributed by atoms with Gasteiger partial charge in [-0.15, -0.1) is 0 Å². The first kappa shape index (κ1) is 11.0. The molecule has 0 fully saturated rings. The normalized spacial score (nSPS) is 10.1. The Morgan fingerprint density at radius 2 is 1.88 bits per heavy atom. The third-order valence-electron chi connectivity index (χ3n) is 1.64. The second-order valence-electron chi connectivity index (χ2n) is 2.77. The molecule has 0 radical (unpaired) electrons. The summed E-state index contributed by atoms with van der Waals surface area (Å²) in [5.74, 6) is 0.302. The van der Waals surface area contributed by atoms with Gasteiger partial charge in [-0.2, -0.15) is 25.1 Å². The number of anilines is 1. The van der Waals surface area contributed by atoms with Crippen LogP contribution in [-0.2, 0) is 6.54 Å². The molecule has 1 N–H and O–H groups in total. The Morgan fingerprint density at radius 3 is 2.50 bits per heavy atom. The van der Waals surface area contributed by atoms with E-state index in [1.165, 1.54) is 0 Å². The van der Waals surface area contributed by atoms with Gasteiger partial charge in [0.2, 0.25) is 16.5 Å². The third-order valence-corrected chi connectivity index (χ3v) is 1.97. The van der Waals surface area contributed by atoms with E-state index in [1.807, 2.05) is 6.07 Å². The van der Waals surface area contributed by atoms with E-state index in [2.05, 4.69) is 30.5 Å². The van der Waals surface area contributed by atoms with Crippen molar-refractivity contribution in [2.45, 2.75) is 6.54 Å². The second-order valence-corrected chi connectivity index (χ2v) is 3.44. The molecule has 0 unspecified atom stereocenters. The van der Waals surface area contributed by atoms with Gasteiger partial charge in [0.05, 0.1) is 12.2 Å². The lowest BCUT2D eigenvalue weighted by Gasteiger charge is -2.03. The van der Waals surface area contributed by atoms with E-state index in [9.17, 15) is 0 Å². The zero-order valence-electron chi connectivity index (χ0n) is 7.93. The third kappa shape index (κ3) is 2.98. The molecule has 0 saturated heterocycles. The first-order chi connectivity index (χ1) is 7.74. The molecule has 2 aromatic rings. The van der Waals surface area contributed by atoms with Crippen molar-refractivity contribution in [1.29, 1.82) is 0 Å². The SMILES string of the molecule is Clc1nc(Cl)nc(NCc2cccnn2)n1. The molecule has 0 aliphatic carbocycles. The number of rotatable bonds is 3. The Hall–Kier alpha value is -1.53. The highest BCUT2D eigenvalue weighted by Crippen LogP contribution is 2.09. The fourth-order valence-electron chi connectivity index (χ4n) is 1.00. The molecule has 2 aromatic heterocycles. The number of hydrogen-bond acceptors (Lipinski definition) is 6. The minimum Gasteiger partial charge on any atom is -0.348 e. The molecule has 0 aliphatic rings. The Labute approximate surface area is 101 Å². The average Bonchev–Trinajstić information content (AvgIpc) is 2.27. The van der Waals surface area contributed by atoms with Crippen LogP contribution >= 0.6 is 23.2 Å². The molecule has 0 aliphatic heterocycles. The maximum Gasteiger partial charge on any atom is 0.228 e. The standard InChI is InChI=1S/C8H6Cl2N6/c9-6-13-7(10)15-8(14-6)11-4-5-2-1-3-12-16-5/h1-3H,4H2,(H,11,13,14,15). The molecule has 0 amide bonds. The summed E-state index contributed by atoms with van der Waals surface area (Å²) < 4.78 is 0. The summed E-state index contributed by atoms with van der Waals surface area (Å²) in [5.41, 5.74) is 0.759. The number of aromatic nitrogens is 5. The van der Waals surface area contributed by atoms with Gasteiger partial charge >= 0.3 is 0 Å². The van der Waals surface area contributed by atoms with E-state index in [-0.39, 0.29) is 10.6 Å². The monoisotopic (exact) mass is 256 g/mol. The van der Waals surface area contributed by atoms with Crippen LogP contribution in [0.4, 0.5) is 5.95 Å². The number of nitrogens with one attached hydrogen (secondary N) is 1. The van der Waals surface area contributed by atoms with Crippen molar-refractivity contribution in [3.63, 3.8) is 0 Å². The number of hydrogen-bond donors (Lipinski definition) is 1. The molecule has 16 heavy (non-hydrogen) atoms. The maximum atomic E-state index is 5.62. The minimum absolute atomic E-state index is 0.0432. The number of nitrogens with zero attached hydrogens (tertiary/aromatic N) is 5. The Morgan fingerprint density at radius 1 is 1.12 bits per heavy atom. The van der Waals surface area contributed by atoms with Gasteiger partial charge in [-0.1, -0.05) is 0 Å². The molecule has 6 nitrogen and oxygen atoms in total. The quantitative estimate of drug-likeness (QED) is 0.899. The summed E-state index contributed by atoms with van der Waals surface area (Å²) in [5, 5.41) is 10.6. The van der Waals surface area contributed by atoms with Crippen LogP contribution in [0.1, 0.15) is 5.69 Å². The second kappa shape index (κ2) is 5.00. The lowest BCUT2D eigenvalue weighted by molar-refractivity contribution is 0.907. The van der Waals surface area contributed by atoms with Gasteiger partial charge in [0.1, 0.15) is 0 Å². The lowest BCUT2D eigenvalue weighted by atomic mass is 10.4. The first-order valence-corrected chi connectivity index (χ1v) is 5.07. The predicted molar refractivity (Wildman–Crippen MR) is 59.2 cm³/mol. The van der Waals surface area contributed by atoms with Crippen LogP contribution in [-0.4, -0.2) is 25.1 Å². The smallest absolute Gasteiger partial charge is 0.228 e. The van der Waals surface area contributed by atoms with Crippen molar-refractivity contribution < 1.29 is 0 Å². The molecule has 8 heteroatoms. The van der Waals surface area contributed by atoms with E-state index in [1.54, 1.807) is 12.3 Å². The van der Waals surface area contributed by atoms with Gasteiger partial charge in [0.25, 0.3) is 0 Å². The lowest BCUT2D eigenvalue weighted by Crippen LogP contribution is -2.06. The molecule has 82 valence electrons. The first-order valence-electron chi connectivity index (χ1n) is 4.31. The summed E-state index contributed by atoms with van der Waals surface area (Å²) in [6.45, 7) is 0.435. The predicted octanol–water partition coefficient (Wildman–Crippen LogP) is 1.58. The van der Waals surface area contributed by atoms with E-state index in [0.29, 0.717) is 12.5 Å². The summed E-state index contributed by atoms with van der Waals surface area (Å²) in [7, 11) is 0. The Balaban J connectivity index is 2.05. The minimum atomic E-state index is 0.0432. The van der Waals surface area contributed by atoms with Crippen LogP contribution in [0.3, 0.4) is 0 Å². The highest BCUT2D eigenvalue weighted by Gasteiger charge is 2.02. The molecule has 0 aromatic carbocycles. The summed E-state index contributed by atoms with van der Waals surface area (Å²) in [4.78, 5) is 11.3. The Bertz CT molecular complexity index is 457. The Kier molecular flexibility index (Phi) is 3.43. The van der Waals surface area contributed by atoms with Crippen molar-refractivity contribution in [3.05, 3.63) is 34.6 Å². The van der Waals surface area contributed by atoms with Crippen LogP contribution < -0.4 is 5.32 Å². The molecule has 0 saturated carbocycles. The fourth-order valence-corrected chi connectivity index (χ4v) is 1.37. The summed E-state index contributed by atoms with van der Waals surface area (Å²) in [6, 6.07) is 3.61. The molecular formula is C8H6Cl2N6. The van der Waals surface area contributed by atoms with E-state index < -0.39 is 0 Å². The van der Waals surface area contributed by atoms with Crippen LogP contribution in [0.15, 0.2) is 18.3 Å². The average molecular weight is 257 g/mol. The largest absolute Gasteiger partial charge is 0.348 e. The summed E-state index contributed by atoms with van der Waals surface area (Å²) in [6.07, 6.45) is 1.60. The van der Waals surface area contributed by atoms with Gasteiger partial charge in [0.15, 0.2) is 0 Å². The van der Waals surface area contributed by atoms with Crippen molar-refractivity contribution in [2.24, 2.45) is 0 Å². The highest BCUT2D eigenvalue weighted by molar-refractivity contribution is 6.31.